The van der Waals surface area contributed by atoms with Gasteiger partial charge in [-0.2, -0.15) is 0 Å². The van der Waals surface area contributed by atoms with Gasteiger partial charge in [0.15, 0.2) is 0 Å². The van der Waals surface area contributed by atoms with Crippen LogP contribution in [0.15, 0.2) is 36.2 Å². The molecule has 0 heterocycles. The van der Waals surface area contributed by atoms with Crippen molar-refractivity contribution >= 4 is 14.3 Å². The zero-order chi connectivity index (χ0) is 12.2. The minimum atomic E-state index is -2.42. The van der Waals surface area contributed by atoms with Crippen molar-refractivity contribution in [3.05, 3.63) is 36.2 Å². The largest absolute Gasteiger partial charge is 0.507 e. The molecule has 0 bridgehead atoms. The molecule has 0 aliphatic heterocycles. The molecule has 0 rings (SSSR count). The van der Waals surface area contributed by atoms with Gasteiger partial charge in [-0.3, -0.25) is 0 Å². The van der Waals surface area contributed by atoms with Gasteiger partial charge < -0.3 is 4.43 Å². The molecule has 0 atom stereocenters. The Kier molecular flexibility index (Phi) is 4.75. The number of hydrogen-bond acceptors (Lipinski definition) is 2. The summed E-state index contributed by atoms with van der Waals surface area (Å²) in [7, 11) is -2.42. The van der Waals surface area contributed by atoms with E-state index in [1.54, 1.807) is 0 Å². The molecule has 0 unspecified atom stereocenters. The van der Waals surface area contributed by atoms with Crippen LogP contribution in [-0.2, 0) is 9.22 Å². The number of carbonyl (C=O) groups excluding carboxylic acids is 1. The van der Waals surface area contributed by atoms with Crippen LogP contribution in [0, 0.1) is 0 Å². The highest BCUT2D eigenvalue weighted by molar-refractivity contribution is 6.89. The van der Waals surface area contributed by atoms with Crippen LogP contribution in [0.4, 0.5) is 0 Å². The fraction of sp³-hybridized carbons (Fsp3) is 0.417. The van der Waals surface area contributed by atoms with E-state index >= 15 is 0 Å². The molecule has 15 heavy (non-hydrogen) atoms. The smallest absolute Gasteiger partial charge is 0.317 e. The van der Waals surface area contributed by atoms with Crippen molar-refractivity contribution in [3.8, 4) is 0 Å². The fourth-order valence-corrected chi connectivity index (χ4v) is 5.53. The summed E-state index contributed by atoms with van der Waals surface area (Å²) in [6, 6.07) is 0. The zero-order valence-electron chi connectivity index (χ0n) is 10.1. The van der Waals surface area contributed by atoms with Crippen LogP contribution >= 0.6 is 0 Å². The summed E-state index contributed by atoms with van der Waals surface area (Å²) in [5.41, 5.74) is 0.233. The molecule has 0 aromatic rings. The van der Waals surface area contributed by atoms with Gasteiger partial charge in [-0.25, -0.2) is 4.79 Å². The van der Waals surface area contributed by atoms with E-state index < -0.39 is 8.32 Å². The van der Waals surface area contributed by atoms with Gasteiger partial charge in [0, 0.05) is 6.08 Å². The second-order valence-electron chi connectivity index (χ2n) is 4.08. The predicted molar refractivity (Wildman–Crippen MR) is 66.8 cm³/mol. The van der Waals surface area contributed by atoms with Crippen LogP contribution in [-0.4, -0.2) is 14.3 Å². The van der Waals surface area contributed by atoms with Crippen molar-refractivity contribution in [3.63, 3.8) is 0 Å². The van der Waals surface area contributed by atoms with Gasteiger partial charge in [0.05, 0.1) is 0 Å². The van der Waals surface area contributed by atoms with Crippen molar-refractivity contribution < 1.29 is 9.22 Å². The first-order valence-corrected chi connectivity index (χ1v) is 6.95. The average Bonchev–Trinajstić information content (AvgIpc) is 2.11. The normalized spacial score (nSPS) is 11.0. The first kappa shape index (κ1) is 13.9. The van der Waals surface area contributed by atoms with Crippen molar-refractivity contribution in [1.82, 2.24) is 0 Å². The van der Waals surface area contributed by atoms with Crippen LogP contribution < -0.4 is 0 Å². The second kappa shape index (κ2) is 5.12. The maximum Gasteiger partial charge on any atom is 0.317 e. The molecular weight excluding hydrogens is 204 g/mol. The Morgan fingerprint density at radius 3 is 1.87 bits per heavy atom. The third-order valence-electron chi connectivity index (χ3n) is 2.51. The predicted octanol–water partition coefficient (Wildman–Crippen LogP) is 3.30. The maximum atomic E-state index is 11.4. The van der Waals surface area contributed by atoms with Gasteiger partial charge in [0.2, 0.25) is 0 Å². The van der Waals surface area contributed by atoms with Crippen molar-refractivity contribution in [2.45, 2.75) is 33.2 Å². The highest BCUT2D eigenvalue weighted by Gasteiger charge is 2.44. The lowest BCUT2D eigenvalue weighted by Gasteiger charge is -2.34. The standard InChI is InChI=1S/C12H20O2Si/c1-8-12(13)14-15(9(2)3,10(4)5)11(6)7/h8,11H,1-2,4H2,3,5-7H3. The van der Waals surface area contributed by atoms with Crippen LogP contribution in [0.3, 0.4) is 0 Å². The molecule has 0 aromatic carbocycles. The van der Waals surface area contributed by atoms with Gasteiger partial charge in [-0.15, -0.1) is 13.2 Å². The van der Waals surface area contributed by atoms with E-state index in [4.69, 9.17) is 4.43 Å². The Labute approximate surface area is 93.5 Å². The van der Waals surface area contributed by atoms with Crippen LogP contribution in [0.2, 0.25) is 5.54 Å². The molecule has 3 heteroatoms. The quantitative estimate of drug-likeness (QED) is 0.529. The van der Waals surface area contributed by atoms with Gasteiger partial charge in [0.25, 0.3) is 0 Å². The summed E-state index contributed by atoms with van der Waals surface area (Å²) in [6.45, 7) is 19.2. The number of rotatable bonds is 5. The Bertz CT molecular complexity index is 289. The summed E-state index contributed by atoms with van der Waals surface area (Å²) >= 11 is 0. The first-order chi connectivity index (χ1) is 6.78. The molecule has 0 aromatic heterocycles. The molecule has 0 aliphatic carbocycles. The van der Waals surface area contributed by atoms with E-state index in [0.29, 0.717) is 0 Å². The molecule has 0 spiro atoms. The third kappa shape index (κ3) is 2.69. The summed E-state index contributed by atoms with van der Waals surface area (Å²) in [5.74, 6) is -0.388. The van der Waals surface area contributed by atoms with Crippen molar-refractivity contribution in [2.24, 2.45) is 0 Å². The summed E-state index contributed by atoms with van der Waals surface area (Å²) < 4.78 is 5.55. The maximum absolute atomic E-state index is 11.4. The Morgan fingerprint density at radius 1 is 1.27 bits per heavy atom. The van der Waals surface area contributed by atoms with E-state index in [-0.39, 0.29) is 11.5 Å². The van der Waals surface area contributed by atoms with E-state index in [2.05, 4.69) is 19.7 Å². The summed E-state index contributed by atoms with van der Waals surface area (Å²) in [5, 5.41) is 1.83. The molecule has 0 radical (unpaired) electrons. The zero-order valence-corrected chi connectivity index (χ0v) is 11.1. The monoisotopic (exact) mass is 224 g/mol. The lowest BCUT2D eigenvalue weighted by atomic mass is 10.6. The van der Waals surface area contributed by atoms with Gasteiger partial charge in [0.1, 0.15) is 0 Å². The molecule has 0 aliphatic rings. The second-order valence-corrected chi connectivity index (χ2v) is 8.61. The van der Waals surface area contributed by atoms with Crippen molar-refractivity contribution in [1.29, 1.82) is 0 Å². The van der Waals surface area contributed by atoms with E-state index in [1.165, 1.54) is 6.08 Å². The van der Waals surface area contributed by atoms with E-state index in [0.717, 1.165) is 10.4 Å². The van der Waals surface area contributed by atoms with E-state index in [1.807, 2.05) is 27.7 Å². The molecule has 0 saturated carbocycles. The Morgan fingerprint density at radius 2 is 1.67 bits per heavy atom. The number of allylic oxidation sites excluding steroid dienone is 2. The SMILES string of the molecule is C=CC(=O)O[Si](C(=C)C)(C(=C)C)C(C)C. The van der Waals surface area contributed by atoms with Gasteiger partial charge in [-0.05, 0) is 29.8 Å². The highest BCUT2D eigenvalue weighted by atomic mass is 28.4. The minimum Gasteiger partial charge on any atom is -0.507 e. The van der Waals surface area contributed by atoms with Crippen LogP contribution in [0.1, 0.15) is 27.7 Å². The molecule has 0 amide bonds. The Hall–Kier alpha value is -1.09. The summed E-state index contributed by atoms with van der Waals surface area (Å²) in [4.78, 5) is 11.4. The molecule has 84 valence electrons. The lowest BCUT2D eigenvalue weighted by Crippen LogP contribution is -2.46. The molecule has 2 nitrogen and oxygen atoms in total. The molecule has 0 fully saturated rings. The van der Waals surface area contributed by atoms with E-state index in [9.17, 15) is 4.79 Å². The van der Waals surface area contributed by atoms with Gasteiger partial charge >= 0.3 is 14.3 Å². The summed E-state index contributed by atoms with van der Waals surface area (Å²) in [6.07, 6.45) is 1.19. The fourth-order valence-electron chi connectivity index (χ4n) is 1.84. The van der Waals surface area contributed by atoms with Crippen LogP contribution in [0.25, 0.3) is 0 Å². The number of hydrogen-bond donors (Lipinski definition) is 0. The topological polar surface area (TPSA) is 26.3 Å². The third-order valence-corrected chi connectivity index (χ3v) is 7.19. The average molecular weight is 224 g/mol. The first-order valence-electron chi connectivity index (χ1n) is 4.96. The van der Waals surface area contributed by atoms with Crippen LogP contribution in [0.5, 0.6) is 0 Å². The van der Waals surface area contributed by atoms with Gasteiger partial charge in [-0.1, -0.05) is 20.4 Å². The lowest BCUT2D eigenvalue weighted by molar-refractivity contribution is -0.129. The van der Waals surface area contributed by atoms with Crippen molar-refractivity contribution in [2.75, 3.05) is 0 Å². The highest BCUT2D eigenvalue weighted by Crippen LogP contribution is 2.34. The minimum absolute atomic E-state index is 0.233. The Balaban J connectivity index is 5.33. The molecule has 0 saturated heterocycles. The molecule has 0 N–H and O–H groups in total. The molecular formula is C12H20O2Si. The number of carbonyl (C=O) groups is 1.